The first kappa shape index (κ1) is 99.0. The minimum Gasteiger partial charge on any atom is -0.510 e. The summed E-state index contributed by atoms with van der Waals surface area (Å²) in [6, 6.07) is 0. The molecule has 710 valence electrons. The molecule has 9 aliphatic heterocycles. The number of carbonyl (C=O) groups excluding carboxylic acids is 1. The highest BCUT2D eigenvalue weighted by atomic mass is 16.8. The predicted octanol–water partition coefficient (Wildman–Crippen LogP) is -14.7. The first-order valence-corrected chi connectivity index (χ1v) is 41.0. The van der Waals surface area contributed by atoms with Crippen molar-refractivity contribution >= 4 is 5.97 Å². The summed E-state index contributed by atoms with van der Waals surface area (Å²) >= 11 is 0. The number of esters is 1. The van der Waals surface area contributed by atoms with Crippen LogP contribution >= 0.6 is 0 Å². The SMILES string of the molecule is C=C1[C@H](O)[C@@]2(C)CC[C@H]3[C@@](C)(CCC[C@@]3(C)C(=O)OC3OC(CO)C(O)C(OC4OC(CO)C(O)C(O)C4O)C3OC3OC(CO)C(O)C(O)C3O)[C@@H]2CC[C@@]1(C)OC1OC(COC2OC(CO)C(O)C(OC3C=C(O)C(O)C(CO)O3)C2OC2OC(CO)C(O)C(O)C2O)C(O)C(OC2OC(CO)C(O)C(O)C2O)C1OC1OC(CO)C(O)C(O)C1O. The highest BCUT2D eigenvalue weighted by Crippen LogP contribution is 2.68. The van der Waals surface area contributed by atoms with Crippen LogP contribution in [0.5, 0.6) is 0 Å². The lowest BCUT2D eigenvalue weighted by Crippen LogP contribution is -2.68. The van der Waals surface area contributed by atoms with Gasteiger partial charge in [-0.15, -0.1) is 0 Å². The van der Waals surface area contributed by atoms with Gasteiger partial charge in [-0.05, 0) is 75.2 Å². The van der Waals surface area contributed by atoms with E-state index in [1.807, 2.05) is 6.92 Å². The first-order chi connectivity index (χ1) is 58.1. The second-order valence-corrected chi connectivity index (χ2v) is 34.8. The standard InChI is InChI=1S/C75H122O48/c1-23-62(104)73(3)11-7-35-72(2,9-6-10-74(35,4)71(105)122-69-60(120-66-54(102)49(97)41(89)29(18-80)111-66)57(44(92)32(21-83)114-69)117-63-51(99)46(94)38(86)26(15-77)108-63)34(73)8-12-75(23,5)123-70-61(121-67-55(103)50(98)42(90)30(19-81)112-67)58(118-64-52(100)47(95)39(87)27(16-78)109-64)45(93)33(115-70)22-106-68-59(119-65-53(101)48(96)40(88)28(17-79)110-65)56(43(91)31(20-82)113-68)116-36-13-24(84)37(85)25(14-76)107-36/h13,25-70,76-104H,1,6-12,14-22H2,2-5H3/t25?,26?,27?,28?,29?,30?,31?,32?,33?,34-,35-,36?,37?,38?,39?,40?,41?,42?,43?,44?,45?,46?,47?,48?,49?,50?,51?,52?,53?,54?,55?,56?,57?,58?,59?,60?,61?,62-,63?,64?,65?,66?,67?,68?,69?,70?,72-,73-,74+,75+/m0/s1. The maximum atomic E-state index is 15.8. The summed E-state index contributed by atoms with van der Waals surface area (Å²) < 4.78 is 110. The lowest BCUT2D eigenvalue weighted by molar-refractivity contribution is -0.405. The molecule has 48 nitrogen and oxygen atoms in total. The van der Waals surface area contributed by atoms with Gasteiger partial charge in [-0.25, -0.2) is 0 Å². The van der Waals surface area contributed by atoms with Gasteiger partial charge in [0.1, 0.15) is 207 Å². The summed E-state index contributed by atoms with van der Waals surface area (Å²) in [5, 5.41) is 321. The Morgan fingerprint density at radius 1 is 0.358 bits per heavy atom. The van der Waals surface area contributed by atoms with Gasteiger partial charge in [0.05, 0.1) is 76.6 Å². The number of hydrogen-bond acceptors (Lipinski definition) is 48. The van der Waals surface area contributed by atoms with Gasteiger partial charge in [0.15, 0.2) is 56.4 Å². The Labute approximate surface area is 702 Å². The molecule has 0 aromatic heterocycles. The van der Waals surface area contributed by atoms with E-state index in [1.54, 1.807) is 13.8 Å². The summed E-state index contributed by atoms with van der Waals surface area (Å²) in [6.07, 6.45) is -87.7. The van der Waals surface area contributed by atoms with Crippen LogP contribution in [0.4, 0.5) is 0 Å². The lowest BCUT2D eigenvalue weighted by atomic mass is 9.42. The molecule has 3 saturated carbocycles. The van der Waals surface area contributed by atoms with Gasteiger partial charge in [-0.3, -0.25) is 4.79 Å². The molecule has 3 aliphatic carbocycles. The Kier molecular flexibility index (Phi) is 32.3. The number of carbonyl (C=O) groups is 1. The number of fused-ring (bicyclic) bond motifs is 3. The average molecular weight is 1790 g/mol. The van der Waals surface area contributed by atoms with Crippen molar-refractivity contribution in [2.45, 2.75) is 348 Å². The maximum Gasteiger partial charge on any atom is 0.314 e. The second-order valence-electron chi connectivity index (χ2n) is 34.8. The van der Waals surface area contributed by atoms with Gasteiger partial charge >= 0.3 is 5.97 Å². The molecule has 48 heteroatoms. The quantitative estimate of drug-likeness (QED) is 0.0268. The van der Waals surface area contributed by atoms with E-state index in [9.17, 15) is 148 Å². The summed E-state index contributed by atoms with van der Waals surface area (Å²) in [7, 11) is 0. The van der Waals surface area contributed by atoms with Crippen LogP contribution < -0.4 is 0 Å². The van der Waals surface area contributed by atoms with Gasteiger partial charge in [-0.2, -0.15) is 0 Å². The van der Waals surface area contributed by atoms with Crippen molar-refractivity contribution in [3.63, 3.8) is 0 Å². The Bertz CT molecular complexity index is 3440. The van der Waals surface area contributed by atoms with E-state index in [2.05, 4.69) is 6.58 Å². The molecule has 123 heavy (non-hydrogen) atoms. The minimum atomic E-state index is -2.36. The number of ether oxygens (including phenoxy) is 18. The summed E-state index contributed by atoms with van der Waals surface area (Å²) in [6.45, 7) is 1.97. The lowest BCUT2D eigenvalue weighted by Gasteiger charge is -2.63. The fourth-order valence-electron chi connectivity index (χ4n) is 19.8. The fourth-order valence-corrected chi connectivity index (χ4v) is 19.8. The van der Waals surface area contributed by atoms with Crippen LogP contribution in [0, 0.1) is 28.1 Å². The molecular formula is C75H122O48. The van der Waals surface area contributed by atoms with E-state index in [-0.39, 0.29) is 44.1 Å². The van der Waals surface area contributed by atoms with Crippen LogP contribution in [0.15, 0.2) is 24.0 Å². The zero-order valence-corrected chi connectivity index (χ0v) is 67.4. The average Bonchev–Trinajstić information content (AvgIpc) is 1.69. The summed E-state index contributed by atoms with van der Waals surface area (Å²) in [4.78, 5) is 15.8. The highest BCUT2D eigenvalue weighted by Gasteiger charge is 2.68. The van der Waals surface area contributed by atoms with Crippen LogP contribution in [0.25, 0.3) is 0 Å². The highest BCUT2D eigenvalue weighted by molar-refractivity contribution is 5.77. The van der Waals surface area contributed by atoms with E-state index in [0.29, 0.717) is 6.42 Å². The van der Waals surface area contributed by atoms with E-state index in [1.165, 1.54) is 6.92 Å². The molecule has 9 heterocycles. The van der Waals surface area contributed by atoms with Crippen molar-refractivity contribution in [2.75, 3.05) is 59.5 Å². The van der Waals surface area contributed by atoms with E-state index in [4.69, 9.17) is 85.3 Å². The van der Waals surface area contributed by atoms with Gasteiger partial charge in [-0.1, -0.05) is 26.8 Å². The van der Waals surface area contributed by atoms with Gasteiger partial charge in [0, 0.05) is 11.5 Å². The zero-order valence-electron chi connectivity index (χ0n) is 67.4. The van der Waals surface area contributed by atoms with Crippen molar-refractivity contribution in [3.8, 4) is 0 Å². The molecule has 0 amide bonds. The van der Waals surface area contributed by atoms with Crippen molar-refractivity contribution in [2.24, 2.45) is 28.1 Å². The third-order valence-corrected chi connectivity index (χ3v) is 27.2. The molecule has 29 N–H and O–H groups in total. The third-order valence-electron chi connectivity index (χ3n) is 27.2. The van der Waals surface area contributed by atoms with Crippen LogP contribution in [-0.2, 0) is 90.1 Å². The molecule has 11 fully saturated rings. The van der Waals surface area contributed by atoms with E-state index in [0.717, 1.165) is 6.08 Å². The minimum absolute atomic E-state index is 0.0262. The second kappa shape index (κ2) is 40.2. The topological polar surface area (TPSA) is 770 Å². The normalized spacial score (nSPS) is 53.2. The largest absolute Gasteiger partial charge is 0.510 e. The molecular weight excluding hydrogens is 1670 g/mol. The fraction of sp³-hybridized carbons (Fsp3) is 0.933. The van der Waals surface area contributed by atoms with Gasteiger partial charge in [0.25, 0.3) is 0 Å². The molecule has 0 aromatic rings. The number of rotatable bonds is 27. The Morgan fingerprint density at radius 3 is 1.10 bits per heavy atom. The van der Waals surface area contributed by atoms with Crippen LogP contribution in [0.1, 0.15) is 72.6 Å². The van der Waals surface area contributed by atoms with Crippen molar-refractivity contribution in [3.05, 3.63) is 24.0 Å². The van der Waals surface area contributed by atoms with Crippen LogP contribution in [-0.4, -0.2) is 489 Å². The Hall–Kier alpha value is -3.05. The Balaban J connectivity index is 0.887. The molecule has 0 radical (unpaired) electrons. The van der Waals surface area contributed by atoms with Gasteiger partial charge < -0.3 is 233 Å². The zero-order chi connectivity index (χ0) is 90.0. The molecule has 8 saturated heterocycles. The molecule has 50 atom stereocenters. The third kappa shape index (κ3) is 19.0. The molecule has 12 aliphatic rings. The molecule has 43 unspecified atom stereocenters. The molecule has 0 bridgehead atoms. The van der Waals surface area contributed by atoms with Crippen molar-refractivity contribution < 1.29 is 238 Å². The van der Waals surface area contributed by atoms with Gasteiger partial charge in [0.2, 0.25) is 6.29 Å². The molecule has 0 spiro atoms. The Morgan fingerprint density at radius 2 is 0.691 bits per heavy atom. The number of aliphatic hydroxyl groups excluding tert-OH is 29. The predicted molar refractivity (Wildman–Crippen MR) is 389 cm³/mol. The molecule has 12 rings (SSSR count). The van der Waals surface area contributed by atoms with E-state index >= 15 is 4.79 Å². The summed E-state index contributed by atoms with van der Waals surface area (Å²) in [5.41, 5.74) is -5.97. The maximum absolute atomic E-state index is 15.8. The molecule has 0 aromatic carbocycles. The van der Waals surface area contributed by atoms with Crippen LogP contribution in [0.2, 0.25) is 0 Å². The smallest absolute Gasteiger partial charge is 0.314 e. The van der Waals surface area contributed by atoms with Crippen molar-refractivity contribution in [1.29, 1.82) is 0 Å². The van der Waals surface area contributed by atoms with E-state index < -0.39 is 375 Å². The number of hydrogen-bond donors (Lipinski definition) is 29. The first-order valence-electron chi connectivity index (χ1n) is 41.0. The summed E-state index contributed by atoms with van der Waals surface area (Å²) in [5.74, 6) is -3.25. The monoisotopic (exact) mass is 1790 g/mol. The van der Waals surface area contributed by atoms with Crippen LogP contribution in [0.3, 0.4) is 0 Å². The number of aliphatic hydroxyl groups is 29. The van der Waals surface area contributed by atoms with Crippen molar-refractivity contribution in [1.82, 2.24) is 0 Å².